The van der Waals surface area contributed by atoms with Gasteiger partial charge in [-0.3, -0.25) is 9.59 Å². The number of carbonyl (C=O) groups excluding carboxylic acids is 3. The van der Waals surface area contributed by atoms with Crippen molar-refractivity contribution in [3.8, 4) is 0 Å². The number of nitrogens with one attached hydrogen (secondary N) is 3. The highest BCUT2D eigenvalue weighted by molar-refractivity contribution is 5.89. The van der Waals surface area contributed by atoms with E-state index < -0.39 is 0 Å². The molecule has 33 heavy (non-hydrogen) atoms. The van der Waals surface area contributed by atoms with Crippen LogP contribution in [-0.2, 0) is 16.1 Å². The maximum Gasteiger partial charge on any atom is 0.321 e. The molecule has 3 N–H and O–H groups in total. The van der Waals surface area contributed by atoms with Crippen LogP contribution in [0.15, 0.2) is 24.3 Å². The molecule has 0 spiro atoms. The summed E-state index contributed by atoms with van der Waals surface area (Å²) in [5, 5.41) is 8.94. The molecule has 1 aromatic rings. The second-order valence-corrected chi connectivity index (χ2v) is 10.8. The fraction of sp³-hybridized carbons (Fsp3) is 0.654. The molecule has 5 fully saturated rings. The maximum absolute atomic E-state index is 13.0. The van der Waals surface area contributed by atoms with Crippen molar-refractivity contribution in [2.24, 2.45) is 23.2 Å². The molecule has 7 nitrogen and oxygen atoms in total. The summed E-state index contributed by atoms with van der Waals surface area (Å²) in [5.74, 6) is 2.31. The van der Waals surface area contributed by atoms with E-state index in [4.69, 9.17) is 0 Å². The van der Waals surface area contributed by atoms with Gasteiger partial charge in [0.15, 0.2) is 0 Å². The topological polar surface area (TPSA) is 90.5 Å². The van der Waals surface area contributed by atoms with Crippen molar-refractivity contribution in [3.63, 3.8) is 0 Å². The van der Waals surface area contributed by atoms with Crippen molar-refractivity contribution in [1.29, 1.82) is 0 Å². The first-order valence-electron chi connectivity index (χ1n) is 12.7. The van der Waals surface area contributed by atoms with Crippen LogP contribution in [0.2, 0.25) is 0 Å². The quantitative estimate of drug-likeness (QED) is 0.590. The lowest BCUT2D eigenvalue weighted by Gasteiger charge is -2.55. The van der Waals surface area contributed by atoms with Gasteiger partial charge in [0.2, 0.25) is 11.8 Å². The average molecular weight is 453 g/mol. The van der Waals surface area contributed by atoms with Crippen molar-refractivity contribution in [2.75, 3.05) is 25.0 Å². The molecule has 4 bridgehead atoms. The zero-order valence-corrected chi connectivity index (χ0v) is 19.4. The van der Waals surface area contributed by atoms with Crippen LogP contribution >= 0.6 is 0 Å². The van der Waals surface area contributed by atoms with E-state index in [9.17, 15) is 14.4 Å². The van der Waals surface area contributed by atoms with Gasteiger partial charge in [0.1, 0.15) is 0 Å². The van der Waals surface area contributed by atoms with Crippen LogP contribution < -0.4 is 16.0 Å². The van der Waals surface area contributed by atoms with Crippen molar-refractivity contribution < 1.29 is 14.4 Å². The Kier molecular flexibility index (Phi) is 6.30. The van der Waals surface area contributed by atoms with Gasteiger partial charge in [-0.2, -0.15) is 0 Å². The molecule has 1 aromatic carbocycles. The van der Waals surface area contributed by atoms with E-state index >= 15 is 0 Å². The van der Waals surface area contributed by atoms with E-state index in [-0.39, 0.29) is 29.7 Å². The average Bonchev–Trinajstić information content (AvgIpc) is 3.32. The molecule has 4 aliphatic carbocycles. The zero-order chi connectivity index (χ0) is 22.8. The lowest BCUT2D eigenvalue weighted by molar-refractivity contribution is -0.146. The summed E-state index contributed by atoms with van der Waals surface area (Å²) in [4.78, 5) is 39.4. The second-order valence-electron chi connectivity index (χ2n) is 10.8. The van der Waals surface area contributed by atoms with E-state index in [1.54, 1.807) is 0 Å². The smallest absolute Gasteiger partial charge is 0.321 e. The highest BCUT2D eigenvalue weighted by atomic mass is 16.2. The molecule has 4 saturated carbocycles. The zero-order valence-electron chi connectivity index (χ0n) is 19.4. The minimum atomic E-state index is -0.162. The number of urea groups is 1. The summed E-state index contributed by atoms with van der Waals surface area (Å²) >= 11 is 0. The van der Waals surface area contributed by atoms with Gasteiger partial charge in [0, 0.05) is 43.7 Å². The number of rotatable bonds is 7. The summed E-state index contributed by atoms with van der Waals surface area (Å²) in [6.07, 6.45) is 9.48. The first kappa shape index (κ1) is 22.2. The minimum absolute atomic E-state index is 0.0662. The van der Waals surface area contributed by atoms with Gasteiger partial charge in [0.25, 0.3) is 0 Å². The number of hydrogen-bond donors (Lipinski definition) is 3. The Labute approximate surface area is 196 Å². The second kappa shape index (κ2) is 9.35. The third kappa shape index (κ3) is 5.02. The lowest BCUT2D eigenvalue weighted by atomic mass is 9.49. The Morgan fingerprint density at radius 2 is 1.61 bits per heavy atom. The van der Waals surface area contributed by atoms with Gasteiger partial charge in [-0.05, 0) is 86.8 Å². The molecule has 6 rings (SSSR count). The highest BCUT2D eigenvalue weighted by Gasteiger charge is 2.54. The molecule has 0 unspecified atom stereocenters. The standard InChI is InChI=1S/C26H36N4O3/c31-23(6-7-27-24(32)26-14-19-10-20(15-26)12-21(11-19)16-26)28-17-18-4-3-5-22(13-18)29-25(33)30-8-1-2-9-30/h3-5,13,19-21H,1-2,6-12,14-17H2,(H,27,32)(H,28,31)(H,29,33). The van der Waals surface area contributed by atoms with Crippen LogP contribution in [0, 0.1) is 23.2 Å². The molecule has 1 saturated heterocycles. The van der Waals surface area contributed by atoms with E-state index in [0.717, 1.165) is 74.2 Å². The Morgan fingerprint density at radius 1 is 0.939 bits per heavy atom. The maximum atomic E-state index is 13.0. The number of anilines is 1. The summed E-state index contributed by atoms with van der Waals surface area (Å²) in [6.45, 7) is 2.40. The van der Waals surface area contributed by atoms with Crippen LogP contribution in [-0.4, -0.2) is 42.4 Å². The number of nitrogens with zero attached hydrogens (tertiary/aromatic N) is 1. The Hall–Kier alpha value is -2.57. The Balaban J connectivity index is 1.04. The van der Waals surface area contributed by atoms with E-state index in [1.807, 2.05) is 29.2 Å². The molecule has 0 radical (unpaired) electrons. The van der Waals surface area contributed by atoms with Crippen LogP contribution in [0.3, 0.4) is 0 Å². The van der Waals surface area contributed by atoms with Crippen molar-refractivity contribution >= 4 is 23.5 Å². The highest BCUT2D eigenvalue weighted by Crippen LogP contribution is 2.60. The van der Waals surface area contributed by atoms with Gasteiger partial charge < -0.3 is 20.9 Å². The number of hydrogen-bond acceptors (Lipinski definition) is 3. The predicted molar refractivity (Wildman–Crippen MR) is 126 cm³/mol. The predicted octanol–water partition coefficient (Wildman–Crippen LogP) is 3.65. The molecule has 7 heteroatoms. The van der Waals surface area contributed by atoms with E-state index in [2.05, 4.69) is 16.0 Å². The first-order valence-corrected chi connectivity index (χ1v) is 12.7. The van der Waals surface area contributed by atoms with Gasteiger partial charge in [-0.1, -0.05) is 12.1 Å². The van der Waals surface area contributed by atoms with Crippen molar-refractivity contribution in [1.82, 2.24) is 15.5 Å². The van der Waals surface area contributed by atoms with E-state index in [1.165, 1.54) is 19.3 Å². The van der Waals surface area contributed by atoms with Gasteiger partial charge in [-0.25, -0.2) is 4.79 Å². The Morgan fingerprint density at radius 3 is 2.27 bits per heavy atom. The van der Waals surface area contributed by atoms with Crippen LogP contribution in [0.1, 0.15) is 63.4 Å². The molecular weight excluding hydrogens is 416 g/mol. The van der Waals surface area contributed by atoms with E-state index in [0.29, 0.717) is 13.1 Å². The van der Waals surface area contributed by atoms with Gasteiger partial charge in [0.05, 0.1) is 0 Å². The fourth-order valence-electron chi connectivity index (χ4n) is 7.04. The molecule has 1 aliphatic heterocycles. The monoisotopic (exact) mass is 452 g/mol. The molecule has 178 valence electrons. The molecule has 1 heterocycles. The molecule has 5 aliphatic rings. The first-order chi connectivity index (χ1) is 16.0. The number of amides is 4. The molecule has 4 amide bonds. The van der Waals surface area contributed by atoms with Crippen molar-refractivity contribution in [3.05, 3.63) is 29.8 Å². The third-order valence-corrected chi connectivity index (χ3v) is 8.22. The summed E-state index contributed by atoms with van der Waals surface area (Å²) in [5.41, 5.74) is 1.51. The van der Waals surface area contributed by atoms with Gasteiger partial charge in [-0.15, -0.1) is 0 Å². The SMILES string of the molecule is O=C(CCNC(=O)C12CC3CC(CC(C3)C1)C2)NCc1cccc(NC(=O)N2CCCC2)c1. The summed E-state index contributed by atoms with van der Waals surface area (Å²) in [7, 11) is 0. The minimum Gasteiger partial charge on any atom is -0.355 e. The fourth-order valence-corrected chi connectivity index (χ4v) is 7.04. The molecular formula is C26H36N4O3. The van der Waals surface area contributed by atoms with Crippen molar-refractivity contribution in [2.45, 2.75) is 64.3 Å². The van der Waals surface area contributed by atoms with Gasteiger partial charge >= 0.3 is 6.03 Å². The summed E-state index contributed by atoms with van der Waals surface area (Å²) in [6, 6.07) is 7.50. The molecule has 0 aromatic heterocycles. The number of benzene rings is 1. The molecule has 0 atom stereocenters. The summed E-state index contributed by atoms with van der Waals surface area (Å²) < 4.78 is 0. The largest absolute Gasteiger partial charge is 0.355 e. The number of carbonyl (C=O) groups is 3. The van der Waals surface area contributed by atoms with Crippen LogP contribution in [0.5, 0.6) is 0 Å². The third-order valence-electron chi connectivity index (χ3n) is 8.22. The van der Waals surface area contributed by atoms with Crippen LogP contribution in [0.25, 0.3) is 0 Å². The lowest BCUT2D eigenvalue weighted by Crippen LogP contribution is -2.53. The number of likely N-dealkylation sites (tertiary alicyclic amines) is 1. The Bertz CT molecular complexity index is 873. The normalized spacial score (nSPS) is 29.7. The van der Waals surface area contributed by atoms with Crippen LogP contribution in [0.4, 0.5) is 10.5 Å².